The van der Waals surface area contributed by atoms with Gasteiger partial charge in [-0.2, -0.15) is 0 Å². The highest BCUT2D eigenvalue weighted by atomic mass is 31.2. The Kier molecular flexibility index (Phi) is 53.2. The average Bonchev–Trinajstić information content (AvgIpc) is 3.33. The molecule has 0 radical (unpaired) electrons. The van der Waals surface area contributed by atoms with Crippen molar-refractivity contribution in [1.29, 1.82) is 0 Å². The van der Waals surface area contributed by atoms with Gasteiger partial charge in [-0.25, -0.2) is 4.57 Å². The quantitative estimate of drug-likeness (QED) is 0.0268. The van der Waals surface area contributed by atoms with E-state index in [0.29, 0.717) is 13.0 Å². The van der Waals surface area contributed by atoms with Crippen molar-refractivity contribution in [2.45, 2.75) is 238 Å². The zero-order valence-corrected chi connectivity index (χ0v) is 44.7. The number of ether oxygens (including phenoxy) is 2. The Hall–Kier alpha value is -2.58. The van der Waals surface area contributed by atoms with Crippen molar-refractivity contribution in [2.24, 2.45) is 5.73 Å². The van der Waals surface area contributed by atoms with Crippen molar-refractivity contribution in [3.63, 3.8) is 0 Å². The van der Waals surface area contributed by atoms with Gasteiger partial charge in [0, 0.05) is 19.6 Å². The van der Waals surface area contributed by atoms with E-state index in [2.05, 4.69) is 111 Å². The molecule has 0 amide bonds. The van der Waals surface area contributed by atoms with Gasteiger partial charge in [0.2, 0.25) is 0 Å². The van der Waals surface area contributed by atoms with E-state index in [9.17, 15) is 14.3 Å². The lowest BCUT2D eigenvalue weighted by Gasteiger charge is -2.20. The molecule has 0 aromatic carbocycles. The predicted octanol–water partition coefficient (Wildman–Crippen LogP) is 17.8. The fraction of sp³-hybridized carbons (Fsp3) is 0.712. The molecule has 0 spiro atoms. The molecule has 0 saturated heterocycles. The summed E-state index contributed by atoms with van der Waals surface area (Å²) in [5, 5.41) is 0. The first-order valence-electron chi connectivity index (χ1n) is 27.7. The molecule has 2 unspecified atom stereocenters. The first-order chi connectivity index (χ1) is 33.4. The minimum absolute atomic E-state index is 0.0954. The number of phosphoric ester groups is 1. The Morgan fingerprint density at radius 2 is 0.779 bits per heavy atom. The van der Waals surface area contributed by atoms with Crippen LogP contribution < -0.4 is 5.73 Å². The minimum Gasteiger partial charge on any atom is -0.457 e. The van der Waals surface area contributed by atoms with E-state index in [4.69, 9.17) is 24.3 Å². The van der Waals surface area contributed by atoms with Crippen LogP contribution in [0.1, 0.15) is 232 Å². The van der Waals surface area contributed by atoms with Crippen LogP contribution >= 0.6 is 7.82 Å². The summed E-state index contributed by atoms with van der Waals surface area (Å²) in [6.07, 6.45) is 74.5. The molecule has 0 aliphatic heterocycles. The van der Waals surface area contributed by atoms with Crippen LogP contribution in [0.5, 0.6) is 0 Å². The summed E-state index contributed by atoms with van der Waals surface area (Å²) in [6, 6.07) is 0. The van der Waals surface area contributed by atoms with Crippen LogP contribution in [0.15, 0.2) is 97.2 Å². The number of hydrogen-bond donors (Lipinski definition) is 2. The molecule has 2 atom stereocenters. The van der Waals surface area contributed by atoms with E-state index >= 15 is 0 Å². The Morgan fingerprint density at radius 3 is 1.16 bits per heavy atom. The molecule has 0 saturated carbocycles. The van der Waals surface area contributed by atoms with E-state index in [1.807, 2.05) is 0 Å². The maximum Gasteiger partial charge on any atom is 0.472 e. The Morgan fingerprint density at radius 1 is 0.441 bits per heavy atom. The maximum atomic E-state index is 12.7. The highest BCUT2D eigenvalue weighted by Gasteiger charge is 2.25. The number of hydrogen-bond acceptors (Lipinski definition) is 7. The summed E-state index contributed by atoms with van der Waals surface area (Å²) < 4.78 is 33.7. The molecule has 0 fully saturated rings. The van der Waals surface area contributed by atoms with Crippen LogP contribution in [0.25, 0.3) is 0 Å². The van der Waals surface area contributed by atoms with Gasteiger partial charge in [-0.3, -0.25) is 13.8 Å². The second-order valence-electron chi connectivity index (χ2n) is 18.0. The second kappa shape index (κ2) is 55.3. The summed E-state index contributed by atoms with van der Waals surface area (Å²) in [5.74, 6) is -0.336. The lowest BCUT2D eigenvalue weighted by atomic mass is 10.0. The summed E-state index contributed by atoms with van der Waals surface area (Å²) in [7, 11) is -4.29. The van der Waals surface area contributed by atoms with Gasteiger partial charge >= 0.3 is 13.8 Å². The van der Waals surface area contributed by atoms with Gasteiger partial charge in [0.25, 0.3) is 0 Å². The van der Waals surface area contributed by atoms with Crippen molar-refractivity contribution in [2.75, 3.05) is 33.0 Å². The highest BCUT2D eigenvalue weighted by Crippen LogP contribution is 2.43. The fourth-order valence-corrected chi connectivity index (χ4v) is 8.28. The van der Waals surface area contributed by atoms with E-state index in [0.717, 1.165) is 83.5 Å². The predicted molar refractivity (Wildman–Crippen MR) is 293 cm³/mol. The lowest BCUT2D eigenvalue weighted by molar-refractivity contribution is -0.154. The molecule has 9 heteroatoms. The fourth-order valence-electron chi connectivity index (χ4n) is 7.51. The SMILES string of the molecule is CC/C=C\C/C=C\C/C=C\C/C=C\CCCCCCCCCCCCCCCOCC(COP(=O)(O)OCCN)OC(=O)CCCCCCCCCCCC/C=C\C/C=C\C/C=C\C/C=C\CC. The topological polar surface area (TPSA) is 117 Å². The van der Waals surface area contributed by atoms with E-state index in [1.165, 1.54) is 128 Å². The monoisotopic (exact) mass is 970 g/mol. The molecular weight excluding hydrogens is 866 g/mol. The molecule has 0 rings (SSSR count). The van der Waals surface area contributed by atoms with Crippen LogP contribution in [0, 0.1) is 0 Å². The minimum atomic E-state index is -4.29. The highest BCUT2D eigenvalue weighted by molar-refractivity contribution is 7.47. The third-order valence-electron chi connectivity index (χ3n) is 11.5. The molecule has 0 bridgehead atoms. The molecule has 0 heterocycles. The van der Waals surface area contributed by atoms with Crippen LogP contribution in [0.3, 0.4) is 0 Å². The van der Waals surface area contributed by atoms with Crippen molar-refractivity contribution >= 4 is 13.8 Å². The molecule has 0 aromatic heterocycles. The van der Waals surface area contributed by atoms with Crippen molar-refractivity contribution in [3.8, 4) is 0 Å². The summed E-state index contributed by atoms with van der Waals surface area (Å²) in [6.45, 7) is 4.70. The largest absolute Gasteiger partial charge is 0.472 e. The van der Waals surface area contributed by atoms with Crippen LogP contribution in [-0.4, -0.2) is 49.9 Å². The van der Waals surface area contributed by atoms with Gasteiger partial charge in [0.15, 0.2) is 0 Å². The van der Waals surface area contributed by atoms with Crippen molar-refractivity contribution in [1.82, 2.24) is 0 Å². The van der Waals surface area contributed by atoms with Crippen LogP contribution in [-0.2, 0) is 27.9 Å². The number of unbranched alkanes of at least 4 members (excludes halogenated alkanes) is 23. The number of allylic oxidation sites excluding steroid dienone is 16. The first-order valence-corrected chi connectivity index (χ1v) is 29.2. The summed E-state index contributed by atoms with van der Waals surface area (Å²) in [5.41, 5.74) is 5.40. The molecule has 68 heavy (non-hydrogen) atoms. The van der Waals surface area contributed by atoms with Crippen LogP contribution in [0.4, 0.5) is 0 Å². The Balaban J connectivity index is 3.92. The van der Waals surface area contributed by atoms with E-state index in [-0.39, 0.29) is 32.3 Å². The number of carbonyl (C=O) groups is 1. The smallest absolute Gasteiger partial charge is 0.457 e. The first kappa shape index (κ1) is 65.4. The lowest BCUT2D eigenvalue weighted by Crippen LogP contribution is -2.28. The number of phosphoric acid groups is 1. The van der Waals surface area contributed by atoms with E-state index < -0.39 is 13.9 Å². The van der Waals surface area contributed by atoms with Crippen molar-refractivity contribution < 1.29 is 32.8 Å². The molecule has 8 nitrogen and oxygen atoms in total. The number of nitrogens with two attached hydrogens (primary N) is 1. The molecular formula is C59H104NO7P. The number of rotatable bonds is 52. The van der Waals surface area contributed by atoms with Crippen LogP contribution in [0.2, 0.25) is 0 Å². The van der Waals surface area contributed by atoms with Gasteiger partial charge in [-0.15, -0.1) is 0 Å². The summed E-state index contributed by atoms with van der Waals surface area (Å²) >= 11 is 0. The summed E-state index contributed by atoms with van der Waals surface area (Å²) in [4.78, 5) is 22.7. The van der Waals surface area contributed by atoms with Crippen molar-refractivity contribution in [3.05, 3.63) is 97.2 Å². The van der Waals surface area contributed by atoms with Gasteiger partial charge in [-0.05, 0) is 89.9 Å². The number of carbonyl (C=O) groups excluding carboxylic acids is 1. The Labute approximate surface area is 419 Å². The Bertz CT molecular complexity index is 1370. The third-order valence-corrected chi connectivity index (χ3v) is 12.5. The van der Waals surface area contributed by atoms with Gasteiger partial charge < -0.3 is 20.1 Å². The van der Waals surface area contributed by atoms with Gasteiger partial charge in [0.05, 0.1) is 19.8 Å². The molecule has 0 aromatic rings. The van der Waals surface area contributed by atoms with E-state index in [1.54, 1.807) is 0 Å². The molecule has 0 aliphatic rings. The number of esters is 1. The van der Waals surface area contributed by atoms with Gasteiger partial charge in [0.1, 0.15) is 6.10 Å². The average molecular weight is 970 g/mol. The third kappa shape index (κ3) is 54.4. The molecule has 0 aliphatic carbocycles. The normalized spacial score (nSPS) is 14.0. The zero-order valence-electron chi connectivity index (χ0n) is 43.8. The standard InChI is InChI=1S/C59H104NO7P/c1-3-5-7-9-11-13-15-17-19-21-23-25-27-28-29-31-33-35-37-39-41-43-45-47-49-51-54-64-56-58(57-66-68(62,63)65-55-53-60)67-59(61)52-50-48-46-44-42-40-38-36-34-32-30-26-24-22-20-18-16-14-12-10-8-6-4-2/h5-8,11-14,17-20,23-26,58H,3-4,9-10,15-16,21-22,27-57,60H2,1-2H3,(H,62,63)/b7-5-,8-6-,13-11-,14-12-,19-17-,20-18-,25-23-,26-24-. The second-order valence-corrected chi connectivity index (χ2v) is 19.5. The zero-order chi connectivity index (χ0) is 49.4. The molecule has 3 N–H and O–H groups in total. The van der Waals surface area contributed by atoms with Gasteiger partial charge in [-0.1, -0.05) is 233 Å². The molecule has 392 valence electrons. The maximum absolute atomic E-state index is 12.7.